The Morgan fingerprint density at radius 3 is 3.00 bits per heavy atom. The first-order valence-electron chi connectivity index (χ1n) is 9.02. The molecule has 29 heavy (non-hydrogen) atoms. The van der Waals surface area contributed by atoms with Crippen molar-refractivity contribution in [2.75, 3.05) is 24.7 Å². The molecule has 150 valence electrons. The number of primary sulfonamides is 1. The number of rotatable bonds is 3. The highest BCUT2D eigenvalue weighted by atomic mass is 32.2. The number of nitrogens with zero attached hydrogens (tertiary/aromatic N) is 4. The van der Waals surface area contributed by atoms with Crippen LogP contribution in [0.5, 0.6) is 0 Å². The number of nitrogens with one attached hydrogen (secondary N) is 1. The highest BCUT2D eigenvalue weighted by molar-refractivity contribution is 7.89. The van der Waals surface area contributed by atoms with E-state index in [1.807, 2.05) is 12.1 Å². The number of hydrogen-bond donors (Lipinski definition) is 2. The van der Waals surface area contributed by atoms with Crippen LogP contribution in [0.4, 0.5) is 5.82 Å². The summed E-state index contributed by atoms with van der Waals surface area (Å²) in [7, 11) is -3.92. The maximum atomic E-state index is 12.2. The fourth-order valence-corrected chi connectivity index (χ4v) is 5.63. The molecule has 1 saturated heterocycles. The molecule has 0 spiro atoms. The highest BCUT2D eigenvalue weighted by Gasteiger charge is 2.27. The summed E-state index contributed by atoms with van der Waals surface area (Å²) in [5.74, 6) is 1.13. The van der Waals surface area contributed by atoms with Crippen LogP contribution in [0.15, 0.2) is 34.8 Å². The number of morpholine rings is 1. The number of fused-ring (bicyclic) bond motifs is 2. The van der Waals surface area contributed by atoms with Gasteiger partial charge in [0.15, 0.2) is 11.6 Å². The van der Waals surface area contributed by atoms with Gasteiger partial charge in [-0.25, -0.2) is 28.5 Å². The van der Waals surface area contributed by atoms with Crippen molar-refractivity contribution in [2.45, 2.75) is 17.9 Å². The van der Waals surface area contributed by atoms with E-state index in [0.29, 0.717) is 47.3 Å². The van der Waals surface area contributed by atoms with E-state index < -0.39 is 10.0 Å². The lowest BCUT2D eigenvalue weighted by Gasteiger charge is -2.34. The second kappa shape index (κ2) is 6.73. The van der Waals surface area contributed by atoms with Crippen LogP contribution in [0.1, 0.15) is 6.92 Å². The minimum absolute atomic E-state index is 0.0164. The van der Waals surface area contributed by atoms with E-state index in [1.165, 1.54) is 16.7 Å². The molecular weight excluding hydrogens is 412 g/mol. The molecule has 3 N–H and O–H groups in total. The molecule has 0 aliphatic carbocycles. The second-order valence-corrected chi connectivity index (χ2v) is 9.32. The Morgan fingerprint density at radius 2 is 2.21 bits per heavy atom. The van der Waals surface area contributed by atoms with Gasteiger partial charge in [-0.05, 0) is 19.1 Å². The molecule has 5 rings (SSSR count). The first-order valence-corrected chi connectivity index (χ1v) is 11.4. The third-order valence-electron chi connectivity index (χ3n) is 5.01. The number of aromatic nitrogens is 4. The second-order valence-electron chi connectivity index (χ2n) is 6.91. The molecule has 11 heteroatoms. The zero-order valence-electron chi connectivity index (χ0n) is 15.5. The Labute approximate surface area is 170 Å². The van der Waals surface area contributed by atoms with Gasteiger partial charge in [0.05, 0.1) is 24.0 Å². The molecule has 0 aromatic carbocycles. The van der Waals surface area contributed by atoms with Crippen LogP contribution in [0, 0.1) is 0 Å². The number of hydrogen-bond acceptors (Lipinski definition) is 8. The van der Waals surface area contributed by atoms with Crippen molar-refractivity contribution in [2.24, 2.45) is 5.14 Å². The number of pyridine rings is 1. The van der Waals surface area contributed by atoms with E-state index in [1.54, 1.807) is 12.4 Å². The fourth-order valence-electron chi connectivity index (χ4n) is 3.60. The van der Waals surface area contributed by atoms with E-state index in [-0.39, 0.29) is 10.9 Å². The van der Waals surface area contributed by atoms with Gasteiger partial charge in [0.2, 0.25) is 10.0 Å². The number of anilines is 1. The first-order chi connectivity index (χ1) is 13.9. The number of thiophene rings is 1. The SMILES string of the molecule is C[C@@H]1COCCN1c1nc(-c2ccnc3[nH]ccc23)nc2c(S(N)(=O)=O)csc12. The summed E-state index contributed by atoms with van der Waals surface area (Å²) in [4.78, 5) is 19.0. The quantitative estimate of drug-likeness (QED) is 0.509. The van der Waals surface area contributed by atoms with Crippen LogP contribution in [0.3, 0.4) is 0 Å². The molecule has 5 heterocycles. The summed E-state index contributed by atoms with van der Waals surface area (Å²) < 4.78 is 30.6. The van der Waals surface area contributed by atoms with Crippen molar-refractivity contribution in [3.63, 3.8) is 0 Å². The van der Waals surface area contributed by atoms with Gasteiger partial charge in [0, 0.05) is 35.3 Å². The van der Waals surface area contributed by atoms with Crippen molar-refractivity contribution in [1.82, 2.24) is 19.9 Å². The summed E-state index contributed by atoms with van der Waals surface area (Å²) >= 11 is 1.29. The molecule has 0 saturated carbocycles. The summed E-state index contributed by atoms with van der Waals surface area (Å²) in [6, 6.07) is 3.82. The molecule has 4 aromatic rings. The number of H-pyrrole nitrogens is 1. The molecule has 1 fully saturated rings. The van der Waals surface area contributed by atoms with Crippen LogP contribution in [-0.2, 0) is 14.8 Å². The van der Waals surface area contributed by atoms with Gasteiger partial charge in [-0.15, -0.1) is 11.3 Å². The van der Waals surface area contributed by atoms with Gasteiger partial charge in [-0.2, -0.15) is 0 Å². The van der Waals surface area contributed by atoms with Gasteiger partial charge < -0.3 is 14.6 Å². The Morgan fingerprint density at radius 1 is 1.34 bits per heavy atom. The number of nitrogens with two attached hydrogens (primary N) is 1. The van der Waals surface area contributed by atoms with Crippen LogP contribution >= 0.6 is 11.3 Å². The van der Waals surface area contributed by atoms with E-state index >= 15 is 0 Å². The Balaban J connectivity index is 1.82. The van der Waals surface area contributed by atoms with Crippen LogP contribution in [0.25, 0.3) is 32.6 Å². The third kappa shape index (κ3) is 3.06. The van der Waals surface area contributed by atoms with E-state index in [2.05, 4.69) is 26.8 Å². The van der Waals surface area contributed by atoms with Crippen LogP contribution < -0.4 is 10.0 Å². The van der Waals surface area contributed by atoms with Crippen molar-refractivity contribution < 1.29 is 13.2 Å². The maximum absolute atomic E-state index is 12.2. The zero-order valence-corrected chi connectivity index (χ0v) is 17.1. The molecule has 0 unspecified atom stereocenters. The van der Waals surface area contributed by atoms with Gasteiger partial charge in [-0.1, -0.05) is 0 Å². The Kier molecular flexibility index (Phi) is 4.28. The van der Waals surface area contributed by atoms with Crippen molar-refractivity contribution in [3.05, 3.63) is 29.9 Å². The molecule has 0 bridgehead atoms. The molecule has 1 atom stereocenters. The Bertz CT molecular complexity index is 1330. The minimum atomic E-state index is -3.92. The van der Waals surface area contributed by atoms with Crippen LogP contribution in [0.2, 0.25) is 0 Å². The highest BCUT2D eigenvalue weighted by Crippen LogP contribution is 2.37. The molecular formula is C18H18N6O3S2. The zero-order chi connectivity index (χ0) is 20.2. The van der Waals surface area contributed by atoms with E-state index in [0.717, 1.165) is 10.9 Å². The lowest BCUT2D eigenvalue weighted by molar-refractivity contribution is 0.0987. The predicted octanol–water partition coefficient (Wildman–Crippen LogP) is 2.11. The van der Waals surface area contributed by atoms with Crippen molar-refractivity contribution >= 4 is 48.4 Å². The lowest BCUT2D eigenvalue weighted by Crippen LogP contribution is -2.44. The number of ether oxygens (including phenoxy) is 1. The number of sulfonamides is 1. The normalized spacial score (nSPS) is 18.0. The Hall–Kier alpha value is -2.60. The predicted molar refractivity (Wildman–Crippen MR) is 112 cm³/mol. The molecule has 4 aromatic heterocycles. The number of aromatic amines is 1. The molecule has 9 nitrogen and oxygen atoms in total. The summed E-state index contributed by atoms with van der Waals surface area (Å²) in [6.45, 7) is 3.87. The largest absolute Gasteiger partial charge is 0.377 e. The molecule has 0 radical (unpaired) electrons. The van der Waals surface area contributed by atoms with Gasteiger partial charge >= 0.3 is 0 Å². The first kappa shape index (κ1) is 18.4. The van der Waals surface area contributed by atoms with E-state index in [4.69, 9.17) is 14.9 Å². The van der Waals surface area contributed by atoms with E-state index in [9.17, 15) is 8.42 Å². The average molecular weight is 431 g/mol. The standard InChI is InChI=1S/C18H18N6O3S2/c1-10-8-27-7-6-24(10)18-15-14(13(9-28-15)29(19,25)26)22-17(23-18)12-3-5-21-16-11(12)2-4-20-16/h2-5,9-10H,6-8H2,1H3,(H,20,21)(H2,19,25,26)/t10-/m1/s1. The van der Waals surface area contributed by atoms with Gasteiger partial charge in [-0.3, -0.25) is 0 Å². The van der Waals surface area contributed by atoms with Crippen molar-refractivity contribution in [1.29, 1.82) is 0 Å². The maximum Gasteiger partial charge on any atom is 0.241 e. The third-order valence-corrected chi connectivity index (χ3v) is 7.05. The van der Waals surface area contributed by atoms with Gasteiger partial charge in [0.1, 0.15) is 16.1 Å². The summed E-state index contributed by atoms with van der Waals surface area (Å²) in [5, 5.41) is 7.85. The fraction of sp³-hybridized carbons (Fsp3) is 0.278. The molecule has 0 amide bonds. The average Bonchev–Trinajstić information content (AvgIpc) is 3.34. The lowest BCUT2D eigenvalue weighted by atomic mass is 10.1. The van der Waals surface area contributed by atoms with Crippen LogP contribution in [-0.4, -0.2) is 54.2 Å². The summed E-state index contributed by atoms with van der Waals surface area (Å²) in [6.07, 6.45) is 3.47. The smallest absolute Gasteiger partial charge is 0.241 e. The van der Waals surface area contributed by atoms with Crippen molar-refractivity contribution in [3.8, 4) is 11.4 Å². The molecule has 1 aliphatic rings. The van der Waals surface area contributed by atoms with Gasteiger partial charge in [0.25, 0.3) is 0 Å². The topological polar surface area (TPSA) is 127 Å². The molecule has 1 aliphatic heterocycles. The summed E-state index contributed by atoms with van der Waals surface area (Å²) in [5.41, 5.74) is 1.83. The monoisotopic (exact) mass is 430 g/mol. The minimum Gasteiger partial charge on any atom is -0.377 e.